The van der Waals surface area contributed by atoms with Crippen LogP contribution in [-0.2, 0) is 11.3 Å². The maximum atomic E-state index is 12.0. The highest BCUT2D eigenvalue weighted by Crippen LogP contribution is 2.18. The standard InChI is InChI=1S/C16H20N4O2S/c1-4-9-20-12(3)18-19-16(20)23-10-15(22)17-14-7-5-13(6-8-14)11(2)21/h5-8H,4,9-10H2,1-3H3,(H,17,22). The Kier molecular flexibility index (Phi) is 5.92. The molecule has 23 heavy (non-hydrogen) atoms. The number of benzene rings is 1. The number of Topliss-reactive ketones (excluding diaryl/α,β-unsaturated/α-hetero) is 1. The number of hydrogen-bond acceptors (Lipinski definition) is 5. The van der Waals surface area contributed by atoms with Gasteiger partial charge in [0, 0.05) is 17.8 Å². The van der Waals surface area contributed by atoms with Crippen LogP contribution in [0.15, 0.2) is 29.4 Å². The molecule has 0 aliphatic carbocycles. The molecule has 2 rings (SSSR count). The minimum atomic E-state index is -0.116. The molecule has 122 valence electrons. The van der Waals surface area contributed by atoms with Gasteiger partial charge in [0.15, 0.2) is 10.9 Å². The third-order valence-corrected chi connectivity index (χ3v) is 4.22. The molecule has 0 spiro atoms. The molecule has 0 fully saturated rings. The van der Waals surface area contributed by atoms with Crippen LogP contribution >= 0.6 is 11.8 Å². The lowest BCUT2D eigenvalue weighted by Gasteiger charge is -2.07. The Morgan fingerprint density at radius 3 is 2.52 bits per heavy atom. The predicted octanol–water partition coefficient (Wildman–Crippen LogP) is 2.93. The number of carbonyl (C=O) groups is 2. The Hall–Kier alpha value is -2.15. The van der Waals surface area contributed by atoms with E-state index in [4.69, 9.17) is 0 Å². The normalized spacial score (nSPS) is 10.6. The van der Waals surface area contributed by atoms with E-state index in [1.165, 1.54) is 18.7 Å². The van der Waals surface area contributed by atoms with Crippen molar-refractivity contribution in [3.05, 3.63) is 35.7 Å². The third kappa shape index (κ3) is 4.66. The van der Waals surface area contributed by atoms with Gasteiger partial charge in [0.2, 0.25) is 5.91 Å². The molecule has 0 unspecified atom stereocenters. The molecule has 0 saturated heterocycles. The number of nitrogens with one attached hydrogen (secondary N) is 1. The van der Waals surface area contributed by atoms with Crippen LogP contribution in [-0.4, -0.2) is 32.2 Å². The van der Waals surface area contributed by atoms with E-state index in [-0.39, 0.29) is 17.4 Å². The summed E-state index contributed by atoms with van der Waals surface area (Å²) in [6, 6.07) is 6.85. The van der Waals surface area contributed by atoms with Crippen molar-refractivity contribution < 1.29 is 9.59 Å². The number of hydrogen-bond donors (Lipinski definition) is 1. The van der Waals surface area contributed by atoms with E-state index in [0.29, 0.717) is 11.3 Å². The Morgan fingerprint density at radius 2 is 1.91 bits per heavy atom. The third-order valence-electron chi connectivity index (χ3n) is 3.26. The molecule has 1 N–H and O–H groups in total. The summed E-state index contributed by atoms with van der Waals surface area (Å²) in [6.07, 6.45) is 0.987. The van der Waals surface area contributed by atoms with Crippen molar-refractivity contribution in [2.45, 2.75) is 38.9 Å². The number of aromatic nitrogens is 3. The molecule has 1 aromatic carbocycles. The quantitative estimate of drug-likeness (QED) is 0.623. The van der Waals surface area contributed by atoms with Crippen molar-refractivity contribution in [1.29, 1.82) is 0 Å². The van der Waals surface area contributed by atoms with Gasteiger partial charge >= 0.3 is 0 Å². The predicted molar refractivity (Wildman–Crippen MR) is 90.9 cm³/mol. The Bertz CT molecular complexity index is 695. The first-order valence-corrected chi connectivity index (χ1v) is 8.43. The molecule has 1 amide bonds. The monoisotopic (exact) mass is 332 g/mol. The average molecular weight is 332 g/mol. The average Bonchev–Trinajstić information content (AvgIpc) is 2.87. The first-order chi connectivity index (χ1) is 11.0. The van der Waals surface area contributed by atoms with Crippen LogP contribution in [0.4, 0.5) is 5.69 Å². The molecule has 1 aromatic heterocycles. The molecular weight excluding hydrogens is 312 g/mol. The molecule has 2 aromatic rings. The summed E-state index contributed by atoms with van der Waals surface area (Å²) in [5, 5.41) is 11.7. The first-order valence-electron chi connectivity index (χ1n) is 7.44. The smallest absolute Gasteiger partial charge is 0.234 e. The number of rotatable bonds is 7. The first kappa shape index (κ1) is 17.2. The Morgan fingerprint density at radius 1 is 1.22 bits per heavy atom. The van der Waals surface area contributed by atoms with Crippen molar-refractivity contribution in [3.8, 4) is 0 Å². The molecule has 1 heterocycles. The summed E-state index contributed by atoms with van der Waals surface area (Å²) >= 11 is 1.37. The number of amides is 1. The van der Waals surface area contributed by atoms with Crippen LogP contribution in [0, 0.1) is 6.92 Å². The van der Waals surface area contributed by atoms with Gasteiger partial charge in [-0.2, -0.15) is 0 Å². The summed E-state index contributed by atoms with van der Waals surface area (Å²) in [5.74, 6) is 1.00. The van der Waals surface area contributed by atoms with Gasteiger partial charge in [-0.3, -0.25) is 9.59 Å². The number of ketones is 1. The minimum Gasteiger partial charge on any atom is -0.325 e. The van der Waals surface area contributed by atoms with Gasteiger partial charge in [-0.25, -0.2) is 0 Å². The van der Waals surface area contributed by atoms with E-state index in [2.05, 4.69) is 22.4 Å². The zero-order chi connectivity index (χ0) is 16.8. The number of nitrogens with zero attached hydrogens (tertiary/aromatic N) is 3. The molecule has 0 bridgehead atoms. The van der Waals surface area contributed by atoms with Crippen molar-refractivity contribution in [2.24, 2.45) is 0 Å². The second-order valence-corrected chi connectivity index (χ2v) is 6.09. The lowest BCUT2D eigenvalue weighted by Crippen LogP contribution is -2.14. The van der Waals surface area contributed by atoms with Crippen molar-refractivity contribution in [3.63, 3.8) is 0 Å². The molecule has 0 aliphatic rings. The minimum absolute atomic E-state index is 0.00376. The second-order valence-electron chi connectivity index (χ2n) is 5.15. The van der Waals surface area contributed by atoms with E-state index >= 15 is 0 Å². The molecule has 0 radical (unpaired) electrons. The van der Waals surface area contributed by atoms with E-state index in [9.17, 15) is 9.59 Å². The summed E-state index contributed by atoms with van der Waals surface area (Å²) in [5.41, 5.74) is 1.30. The summed E-state index contributed by atoms with van der Waals surface area (Å²) in [7, 11) is 0. The van der Waals surface area contributed by atoms with Gasteiger partial charge in [0.25, 0.3) is 0 Å². The van der Waals surface area contributed by atoms with Gasteiger partial charge in [0.1, 0.15) is 5.82 Å². The molecule has 0 saturated carbocycles. The van der Waals surface area contributed by atoms with E-state index in [1.807, 2.05) is 11.5 Å². The highest BCUT2D eigenvalue weighted by atomic mass is 32.2. The van der Waals surface area contributed by atoms with Gasteiger partial charge in [0.05, 0.1) is 5.75 Å². The van der Waals surface area contributed by atoms with Gasteiger partial charge in [-0.05, 0) is 44.5 Å². The molecule has 0 aliphatic heterocycles. The van der Waals surface area contributed by atoms with Gasteiger partial charge in [-0.1, -0.05) is 18.7 Å². The molecule has 6 nitrogen and oxygen atoms in total. The van der Waals surface area contributed by atoms with Crippen molar-refractivity contribution >= 4 is 29.1 Å². The maximum Gasteiger partial charge on any atom is 0.234 e. The number of carbonyl (C=O) groups excluding carboxylic acids is 2. The van der Waals surface area contributed by atoms with E-state index in [0.717, 1.165) is 23.9 Å². The lowest BCUT2D eigenvalue weighted by molar-refractivity contribution is -0.113. The lowest BCUT2D eigenvalue weighted by atomic mass is 10.1. The van der Waals surface area contributed by atoms with Crippen LogP contribution in [0.5, 0.6) is 0 Å². The van der Waals surface area contributed by atoms with Crippen LogP contribution in [0.25, 0.3) is 0 Å². The zero-order valence-corrected chi connectivity index (χ0v) is 14.3. The molecule has 0 atom stereocenters. The summed E-state index contributed by atoms with van der Waals surface area (Å²) in [4.78, 5) is 23.2. The van der Waals surface area contributed by atoms with Gasteiger partial charge in [-0.15, -0.1) is 10.2 Å². The van der Waals surface area contributed by atoms with Crippen LogP contribution in [0.1, 0.15) is 36.5 Å². The molecular formula is C16H20N4O2S. The van der Waals surface area contributed by atoms with E-state index < -0.39 is 0 Å². The second kappa shape index (κ2) is 7.92. The number of anilines is 1. The van der Waals surface area contributed by atoms with Crippen molar-refractivity contribution in [2.75, 3.05) is 11.1 Å². The zero-order valence-electron chi connectivity index (χ0n) is 13.5. The topological polar surface area (TPSA) is 76.9 Å². The van der Waals surface area contributed by atoms with Crippen molar-refractivity contribution in [1.82, 2.24) is 14.8 Å². The fourth-order valence-electron chi connectivity index (χ4n) is 2.06. The summed E-state index contributed by atoms with van der Waals surface area (Å²) < 4.78 is 2.01. The highest BCUT2D eigenvalue weighted by Gasteiger charge is 2.11. The fourth-order valence-corrected chi connectivity index (χ4v) is 2.87. The van der Waals surface area contributed by atoms with Crippen LogP contribution in [0.2, 0.25) is 0 Å². The Labute approximate surface area is 139 Å². The van der Waals surface area contributed by atoms with Crippen LogP contribution < -0.4 is 5.32 Å². The molecule has 7 heteroatoms. The summed E-state index contributed by atoms with van der Waals surface area (Å²) in [6.45, 7) is 6.35. The maximum absolute atomic E-state index is 12.0. The largest absolute Gasteiger partial charge is 0.325 e. The number of thioether (sulfide) groups is 1. The van der Waals surface area contributed by atoms with Gasteiger partial charge < -0.3 is 9.88 Å². The van der Waals surface area contributed by atoms with E-state index in [1.54, 1.807) is 24.3 Å². The SMILES string of the molecule is CCCn1c(C)nnc1SCC(=O)Nc1ccc(C(C)=O)cc1. The fraction of sp³-hybridized carbons (Fsp3) is 0.375. The highest BCUT2D eigenvalue weighted by molar-refractivity contribution is 7.99. The number of aryl methyl sites for hydroxylation is 1. The Balaban J connectivity index is 1.91. The van der Waals surface area contributed by atoms with Crippen LogP contribution in [0.3, 0.4) is 0 Å².